The Morgan fingerprint density at radius 2 is 0.862 bits per heavy atom. The first-order valence-corrected chi connectivity index (χ1v) is 10.6. The van der Waals surface area contributed by atoms with Crippen LogP contribution in [0.3, 0.4) is 0 Å². The molecule has 0 aromatic heterocycles. The summed E-state index contributed by atoms with van der Waals surface area (Å²) in [6.45, 7) is 0. The molecular weight excluding hydrogens is 416 g/mol. The van der Waals surface area contributed by atoms with Gasteiger partial charge in [-0.1, -0.05) is 97.1 Å². The minimum Gasteiger partial charge on any atom is -0.0616 e. The van der Waals surface area contributed by atoms with E-state index in [1.54, 1.807) is 0 Å². The number of benzene rings is 6. The van der Waals surface area contributed by atoms with Crippen LogP contribution in [-0.2, 0) is 0 Å². The molecule has 0 bridgehead atoms. The fourth-order valence-corrected chi connectivity index (χ4v) is 5.40. The van der Waals surface area contributed by atoms with Crippen molar-refractivity contribution >= 4 is 59.0 Å². The fraction of sp³-hybridized carbons (Fsp3) is 0. The molecule has 136 valence electrons. The van der Waals surface area contributed by atoms with Gasteiger partial charge in [-0.25, -0.2) is 0 Å². The van der Waals surface area contributed by atoms with Crippen LogP contribution >= 0.6 is 15.9 Å². The van der Waals surface area contributed by atoms with Crippen LogP contribution in [0.2, 0.25) is 0 Å². The van der Waals surface area contributed by atoms with Crippen molar-refractivity contribution in [1.82, 2.24) is 0 Å². The van der Waals surface area contributed by atoms with E-state index in [2.05, 4.69) is 119 Å². The molecule has 0 aliphatic carbocycles. The maximum Gasteiger partial charge on any atom is 0.0338 e. The van der Waals surface area contributed by atoms with Crippen molar-refractivity contribution in [3.05, 3.63) is 108 Å². The van der Waals surface area contributed by atoms with Crippen molar-refractivity contribution in [3.8, 4) is 11.1 Å². The summed E-state index contributed by atoms with van der Waals surface area (Å²) in [5.74, 6) is 0. The summed E-state index contributed by atoms with van der Waals surface area (Å²) < 4.78 is 1.16. The van der Waals surface area contributed by atoms with Gasteiger partial charge in [0.2, 0.25) is 0 Å². The Bertz CT molecular complexity index is 1560. The van der Waals surface area contributed by atoms with Gasteiger partial charge < -0.3 is 0 Å². The standard InChI is InChI=1S/C28H17Br/c29-28-25-16-8-6-13-22(25)21-12-5-7-15-24(21)27(28)26-17-18-9-1-2-10-19(18)20-11-3-4-14-23(20)26/h1-17H. The quantitative estimate of drug-likeness (QED) is 0.228. The molecule has 0 unspecified atom stereocenters. The Morgan fingerprint density at radius 3 is 1.55 bits per heavy atom. The Labute approximate surface area is 177 Å². The zero-order valence-electron chi connectivity index (χ0n) is 15.7. The monoisotopic (exact) mass is 432 g/mol. The van der Waals surface area contributed by atoms with Gasteiger partial charge >= 0.3 is 0 Å². The van der Waals surface area contributed by atoms with Crippen LogP contribution in [0.15, 0.2) is 108 Å². The second kappa shape index (κ2) is 6.43. The van der Waals surface area contributed by atoms with Crippen LogP contribution in [-0.4, -0.2) is 0 Å². The SMILES string of the molecule is Brc1c(-c2cc3ccccc3c3ccccc23)c2ccccc2c2ccccc12. The van der Waals surface area contributed by atoms with E-state index < -0.39 is 0 Å². The molecule has 0 aliphatic heterocycles. The highest BCUT2D eigenvalue weighted by Crippen LogP contribution is 2.45. The van der Waals surface area contributed by atoms with Crippen LogP contribution in [0.1, 0.15) is 0 Å². The molecule has 0 spiro atoms. The van der Waals surface area contributed by atoms with Crippen LogP contribution in [0.4, 0.5) is 0 Å². The second-order valence-electron chi connectivity index (χ2n) is 7.47. The Balaban J connectivity index is 1.88. The minimum absolute atomic E-state index is 1.16. The molecule has 29 heavy (non-hydrogen) atoms. The molecule has 6 rings (SSSR count). The third-order valence-electron chi connectivity index (χ3n) is 5.91. The lowest BCUT2D eigenvalue weighted by atomic mass is 9.88. The maximum absolute atomic E-state index is 3.99. The molecule has 0 nitrogen and oxygen atoms in total. The first-order valence-electron chi connectivity index (χ1n) is 9.83. The molecule has 6 aromatic rings. The number of hydrogen-bond donors (Lipinski definition) is 0. The van der Waals surface area contributed by atoms with E-state index in [-0.39, 0.29) is 0 Å². The van der Waals surface area contributed by atoms with E-state index in [1.807, 2.05) is 0 Å². The number of rotatable bonds is 1. The summed E-state index contributed by atoms with van der Waals surface area (Å²) in [4.78, 5) is 0. The molecule has 0 atom stereocenters. The Morgan fingerprint density at radius 1 is 0.414 bits per heavy atom. The molecule has 0 heterocycles. The maximum atomic E-state index is 3.99. The molecule has 0 amide bonds. The molecule has 0 fully saturated rings. The smallest absolute Gasteiger partial charge is 0.0338 e. The van der Waals surface area contributed by atoms with Crippen molar-refractivity contribution in [2.75, 3.05) is 0 Å². The highest BCUT2D eigenvalue weighted by Gasteiger charge is 2.17. The van der Waals surface area contributed by atoms with Gasteiger partial charge in [-0.15, -0.1) is 0 Å². The topological polar surface area (TPSA) is 0 Å². The summed E-state index contributed by atoms with van der Waals surface area (Å²) >= 11 is 3.99. The lowest BCUT2D eigenvalue weighted by molar-refractivity contribution is 1.69. The Kier molecular flexibility index (Phi) is 3.72. The Hall–Kier alpha value is -3.16. The molecule has 0 N–H and O–H groups in total. The van der Waals surface area contributed by atoms with Gasteiger partial charge in [0.15, 0.2) is 0 Å². The van der Waals surface area contributed by atoms with E-state index in [0.717, 1.165) is 4.47 Å². The van der Waals surface area contributed by atoms with Gasteiger partial charge in [-0.2, -0.15) is 0 Å². The summed E-state index contributed by atoms with van der Waals surface area (Å²) in [5.41, 5.74) is 2.54. The van der Waals surface area contributed by atoms with Crippen molar-refractivity contribution in [1.29, 1.82) is 0 Å². The lowest BCUT2D eigenvalue weighted by Gasteiger charge is -2.17. The molecular formula is C28H17Br. The van der Waals surface area contributed by atoms with Crippen LogP contribution in [0, 0.1) is 0 Å². The van der Waals surface area contributed by atoms with Crippen LogP contribution in [0.25, 0.3) is 54.2 Å². The first kappa shape index (κ1) is 16.8. The van der Waals surface area contributed by atoms with E-state index >= 15 is 0 Å². The van der Waals surface area contributed by atoms with Gasteiger partial charge in [0, 0.05) is 10.0 Å². The molecule has 0 radical (unpaired) electrons. The molecule has 0 aliphatic rings. The number of fused-ring (bicyclic) bond motifs is 6. The molecule has 0 saturated carbocycles. The van der Waals surface area contributed by atoms with Gasteiger partial charge in [0.1, 0.15) is 0 Å². The van der Waals surface area contributed by atoms with Gasteiger partial charge in [-0.3, -0.25) is 0 Å². The number of hydrogen-bond acceptors (Lipinski definition) is 0. The zero-order valence-corrected chi connectivity index (χ0v) is 17.3. The van der Waals surface area contributed by atoms with Gasteiger partial charge in [-0.05, 0) is 70.6 Å². The lowest BCUT2D eigenvalue weighted by Crippen LogP contribution is -1.90. The molecule has 6 aromatic carbocycles. The van der Waals surface area contributed by atoms with Crippen molar-refractivity contribution < 1.29 is 0 Å². The van der Waals surface area contributed by atoms with Crippen molar-refractivity contribution in [2.24, 2.45) is 0 Å². The highest BCUT2D eigenvalue weighted by molar-refractivity contribution is 9.10. The van der Waals surface area contributed by atoms with Gasteiger partial charge in [0.25, 0.3) is 0 Å². The van der Waals surface area contributed by atoms with Crippen molar-refractivity contribution in [3.63, 3.8) is 0 Å². The summed E-state index contributed by atoms with van der Waals surface area (Å²) in [5, 5.41) is 10.2. The van der Waals surface area contributed by atoms with E-state index in [0.29, 0.717) is 0 Å². The second-order valence-corrected chi connectivity index (χ2v) is 8.26. The van der Waals surface area contributed by atoms with E-state index in [9.17, 15) is 0 Å². The average molecular weight is 433 g/mol. The highest BCUT2D eigenvalue weighted by atomic mass is 79.9. The summed E-state index contributed by atoms with van der Waals surface area (Å²) in [6.07, 6.45) is 0. The van der Waals surface area contributed by atoms with Crippen LogP contribution < -0.4 is 0 Å². The fourth-order valence-electron chi connectivity index (χ4n) is 4.62. The predicted octanol–water partition coefficient (Wildman–Crippen LogP) is 8.73. The summed E-state index contributed by atoms with van der Waals surface area (Å²) in [7, 11) is 0. The summed E-state index contributed by atoms with van der Waals surface area (Å²) in [6, 6.07) is 37.2. The van der Waals surface area contributed by atoms with Crippen LogP contribution in [0.5, 0.6) is 0 Å². The van der Waals surface area contributed by atoms with Crippen molar-refractivity contribution in [2.45, 2.75) is 0 Å². The molecule has 1 heteroatoms. The third-order valence-corrected chi connectivity index (χ3v) is 6.73. The third kappa shape index (κ3) is 2.44. The minimum atomic E-state index is 1.16. The first-order chi connectivity index (χ1) is 14.3. The van der Waals surface area contributed by atoms with E-state index in [1.165, 1.54) is 54.2 Å². The normalized spacial score (nSPS) is 11.6. The largest absolute Gasteiger partial charge is 0.0616 e. The number of halogens is 1. The molecule has 0 saturated heterocycles. The predicted molar refractivity (Wildman–Crippen MR) is 130 cm³/mol. The van der Waals surface area contributed by atoms with E-state index in [4.69, 9.17) is 0 Å². The zero-order chi connectivity index (χ0) is 19.4. The average Bonchev–Trinajstić information content (AvgIpc) is 2.79. The van der Waals surface area contributed by atoms with Gasteiger partial charge in [0.05, 0.1) is 0 Å².